The van der Waals surface area contributed by atoms with E-state index in [2.05, 4.69) is 9.47 Å². The number of hydrogen-bond acceptors (Lipinski definition) is 4. The van der Waals surface area contributed by atoms with E-state index in [9.17, 15) is 30.7 Å². The third-order valence-electron chi connectivity index (χ3n) is 4.87. The van der Waals surface area contributed by atoms with E-state index in [1.54, 1.807) is 44.2 Å². The lowest BCUT2D eigenvalue weighted by Crippen LogP contribution is -2.26. The number of alkyl halides is 6. The van der Waals surface area contributed by atoms with Crippen LogP contribution in [0.4, 0.5) is 30.7 Å². The molecular formula is C25H21F7O4. The summed E-state index contributed by atoms with van der Waals surface area (Å²) >= 11 is 0. The van der Waals surface area contributed by atoms with Crippen molar-refractivity contribution in [2.75, 3.05) is 6.61 Å². The lowest BCUT2D eigenvalue weighted by Gasteiger charge is -2.26. The zero-order valence-corrected chi connectivity index (χ0v) is 19.0. The molecule has 3 aromatic carbocycles. The highest BCUT2D eigenvalue weighted by molar-refractivity contribution is 5.45. The van der Waals surface area contributed by atoms with Crippen molar-refractivity contribution >= 4 is 0 Å². The van der Waals surface area contributed by atoms with E-state index in [-0.39, 0.29) is 24.5 Å². The third kappa shape index (κ3) is 8.04. The van der Waals surface area contributed by atoms with Crippen molar-refractivity contribution in [2.45, 2.75) is 38.6 Å². The van der Waals surface area contributed by atoms with Crippen LogP contribution in [0.5, 0.6) is 23.0 Å². The molecule has 3 aromatic rings. The van der Waals surface area contributed by atoms with E-state index >= 15 is 0 Å². The van der Waals surface area contributed by atoms with Crippen molar-refractivity contribution in [1.29, 1.82) is 0 Å². The van der Waals surface area contributed by atoms with Crippen molar-refractivity contribution < 1.29 is 49.7 Å². The van der Waals surface area contributed by atoms with Crippen LogP contribution in [0.25, 0.3) is 0 Å². The van der Waals surface area contributed by atoms with Crippen LogP contribution in [0, 0.1) is 5.82 Å². The Morgan fingerprint density at radius 2 is 1.33 bits per heavy atom. The van der Waals surface area contributed by atoms with Gasteiger partial charge in [0.1, 0.15) is 5.75 Å². The molecule has 0 bridgehead atoms. The van der Waals surface area contributed by atoms with E-state index in [4.69, 9.17) is 9.47 Å². The number of ether oxygens (including phenoxy) is 4. The number of hydrogen-bond donors (Lipinski definition) is 0. The molecule has 0 aliphatic rings. The summed E-state index contributed by atoms with van der Waals surface area (Å²) in [7, 11) is 0. The summed E-state index contributed by atoms with van der Waals surface area (Å²) in [5.41, 5.74) is -0.166. The highest BCUT2D eigenvalue weighted by Gasteiger charge is 2.37. The number of para-hydroxylation sites is 1. The van der Waals surface area contributed by atoms with Gasteiger partial charge in [0.15, 0.2) is 23.1 Å². The van der Waals surface area contributed by atoms with Gasteiger partial charge in [-0.25, -0.2) is 4.39 Å². The number of halogens is 7. The first-order chi connectivity index (χ1) is 16.7. The molecule has 0 unspecified atom stereocenters. The largest absolute Gasteiger partial charge is 0.573 e. The van der Waals surface area contributed by atoms with Crippen molar-refractivity contribution in [1.82, 2.24) is 0 Å². The van der Waals surface area contributed by atoms with Crippen LogP contribution in [-0.4, -0.2) is 19.3 Å². The highest BCUT2D eigenvalue weighted by atomic mass is 19.4. The van der Waals surface area contributed by atoms with Gasteiger partial charge in [-0.2, -0.15) is 0 Å². The summed E-state index contributed by atoms with van der Waals surface area (Å²) in [5.74, 6) is -2.42. The number of rotatable bonds is 9. The van der Waals surface area contributed by atoms with Gasteiger partial charge in [0.05, 0.1) is 13.2 Å². The zero-order chi connectivity index (χ0) is 26.6. The fourth-order valence-corrected chi connectivity index (χ4v) is 3.18. The lowest BCUT2D eigenvalue weighted by molar-refractivity contribution is -0.287. The normalized spacial score (nSPS) is 12.4. The standard InChI is InChI=1S/C25H21F7O4/c1-23(2,17-9-11-20(35-24(27,28)29)22(13-17)36-25(30,31)32)15-33-14-16-8-10-19(26)21(12-16)34-18-6-4-3-5-7-18/h3-13H,14-15H2,1-2H3. The predicted octanol–water partition coefficient (Wildman–Crippen LogP) is 7.91. The zero-order valence-electron chi connectivity index (χ0n) is 19.0. The Balaban J connectivity index is 1.71. The maximum atomic E-state index is 14.1. The molecule has 0 saturated heterocycles. The van der Waals surface area contributed by atoms with Crippen LogP contribution < -0.4 is 14.2 Å². The van der Waals surface area contributed by atoms with Crippen LogP contribution in [-0.2, 0) is 16.8 Å². The molecule has 3 rings (SSSR count). The molecule has 0 saturated carbocycles. The Hall–Kier alpha value is -3.47. The topological polar surface area (TPSA) is 36.9 Å². The molecule has 36 heavy (non-hydrogen) atoms. The Morgan fingerprint density at radius 3 is 1.97 bits per heavy atom. The molecule has 0 radical (unpaired) electrons. The van der Waals surface area contributed by atoms with Crippen molar-refractivity contribution in [3.63, 3.8) is 0 Å². The summed E-state index contributed by atoms with van der Waals surface area (Å²) in [6.07, 6.45) is -10.4. The molecule has 0 aromatic heterocycles. The van der Waals surface area contributed by atoms with E-state index in [0.29, 0.717) is 11.3 Å². The highest BCUT2D eigenvalue weighted by Crippen LogP contribution is 2.39. The van der Waals surface area contributed by atoms with Gasteiger partial charge in [-0.05, 0) is 47.5 Å². The van der Waals surface area contributed by atoms with Crippen molar-refractivity contribution in [2.24, 2.45) is 0 Å². The van der Waals surface area contributed by atoms with Gasteiger partial charge in [0, 0.05) is 5.41 Å². The van der Waals surface area contributed by atoms with Crippen LogP contribution in [0.15, 0.2) is 66.7 Å². The monoisotopic (exact) mass is 518 g/mol. The molecule has 0 aliphatic carbocycles. The Bertz CT molecular complexity index is 1160. The minimum atomic E-state index is -5.23. The minimum absolute atomic E-state index is 0.00996. The maximum absolute atomic E-state index is 14.1. The summed E-state index contributed by atoms with van der Waals surface area (Å²) in [6, 6.07) is 15.5. The first kappa shape index (κ1) is 27.1. The average molecular weight is 518 g/mol. The van der Waals surface area contributed by atoms with E-state index in [1.807, 2.05) is 0 Å². The molecule has 0 aliphatic heterocycles. The molecule has 0 heterocycles. The maximum Gasteiger partial charge on any atom is 0.573 e. The molecule has 0 amide bonds. The summed E-state index contributed by atoms with van der Waals surface area (Å²) in [5, 5.41) is 0. The molecule has 194 valence electrons. The van der Waals surface area contributed by atoms with Crippen LogP contribution >= 0.6 is 0 Å². The second-order valence-electron chi connectivity index (χ2n) is 8.31. The Morgan fingerprint density at radius 1 is 0.694 bits per heavy atom. The summed E-state index contributed by atoms with van der Waals surface area (Å²) < 4.78 is 109. The van der Waals surface area contributed by atoms with E-state index in [1.165, 1.54) is 24.3 Å². The molecular weight excluding hydrogens is 497 g/mol. The van der Waals surface area contributed by atoms with Crippen LogP contribution in [0.1, 0.15) is 25.0 Å². The third-order valence-corrected chi connectivity index (χ3v) is 4.87. The van der Waals surface area contributed by atoms with E-state index in [0.717, 1.165) is 12.1 Å². The molecule has 0 N–H and O–H groups in total. The summed E-state index contributed by atoms with van der Waals surface area (Å²) in [6.45, 7) is 3.22. The molecule has 0 fully saturated rings. The van der Waals surface area contributed by atoms with Crippen molar-refractivity contribution in [3.8, 4) is 23.0 Å². The molecule has 0 spiro atoms. The smallest absolute Gasteiger partial charge is 0.454 e. The van der Waals surface area contributed by atoms with Gasteiger partial charge >= 0.3 is 12.7 Å². The molecule has 0 atom stereocenters. The first-order valence-electron chi connectivity index (χ1n) is 10.5. The van der Waals surface area contributed by atoms with Gasteiger partial charge < -0.3 is 18.9 Å². The average Bonchev–Trinajstić information content (AvgIpc) is 2.76. The minimum Gasteiger partial charge on any atom is -0.454 e. The molecule has 11 heteroatoms. The number of benzene rings is 3. The first-order valence-corrected chi connectivity index (χ1v) is 10.5. The second-order valence-corrected chi connectivity index (χ2v) is 8.31. The Kier molecular flexibility index (Phi) is 8.02. The quantitative estimate of drug-likeness (QED) is 0.270. The van der Waals surface area contributed by atoms with Gasteiger partial charge in [-0.15, -0.1) is 26.3 Å². The van der Waals surface area contributed by atoms with Crippen LogP contribution in [0.3, 0.4) is 0 Å². The fourth-order valence-electron chi connectivity index (χ4n) is 3.18. The van der Waals surface area contributed by atoms with Gasteiger partial charge in [-0.1, -0.05) is 44.2 Å². The van der Waals surface area contributed by atoms with E-state index < -0.39 is 35.5 Å². The van der Waals surface area contributed by atoms with Crippen molar-refractivity contribution in [3.05, 3.63) is 83.7 Å². The predicted molar refractivity (Wildman–Crippen MR) is 115 cm³/mol. The fraction of sp³-hybridized carbons (Fsp3) is 0.280. The molecule has 4 nitrogen and oxygen atoms in total. The van der Waals surface area contributed by atoms with Gasteiger partial charge in [0.2, 0.25) is 0 Å². The SMILES string of the molecule is CC(C)(COCc1ccc(F)c(Oc2ccccc2)c1)c1ccc(OC(F)(F)F)c(OC(F)(F)F)c1. The van der Waals surface area contributed by atoms with Crippen LogP contribution in [0.2, 0.25) is 0 Å². The van der Waals surface area contributed by atoms with Gasteiger partial charge in [0.25, 0.3) is 0 Å². The second kappa shape index (κ2) is 10.7. The van der Waals surface area contributed by atoms with Gasteiger partial charge in [-0.3, -0.25) is 0 Å². The Labute approximate surface area is 202 Å². The lowest BCUT2D eigenvalue weighted by atomic mass is 9.85. The summed E-state index contributed by atoms with van der Waals surface area (Å²) in [4.78, 5) is 0.